The monoisotopic (exact) mass is 368 g/mol. The highest BCUT2D eigenvalue weighted by atomic mass is 16.2. The summed E-state index contributed by atoms with van der Waals surface area (Å²) < 4.78 is 1.45. The number of hydrogen-bond donors (Lipinski definition) is 0. The second-order valence-corrected chi connectivity index (χ2v) is 7.94. The molecule has 2 aromatic rings. The molecule has 2 heterocycles. The Labute approximate surface area is 159 Å². The van der Waals surface area contributed by atoms with Gasteiger partial charge in [-0.1, -0.05) is 38.5 Å². The summed E-state index contributed by atoms with van der Waals surface area (Å²) in [5.41, 5.74) is 0.247. The standard InChI is InChI=1S/C21H28N4O2/c26-19(14-24-15-23-20-18(21(24)27)12-7-13-22-20)25(16-8-3-1-4-9-16)17-10-5-2-6-11-17/h7,12-13,15-17H,1-6,8-11,14H2. The molecule has 0 aromatic carbocycles. The zero-order chi connectivity index (χ0) is 18.6. The molecule has 2 aliphatic carbocycles. The summed E-state index contributed by atoms with van der Waals surface area (Å²) in [5, 5.41) is 0.467. The maximum absolute atomic E-state index is 13.3. The molecule has 0 unspecified atom stereocenters. The molecule has 2 aliphatic rings. The molecule has 6 heteroatoms. The van der Waals surface area contributed by atoms with Crippen molar-refractivity contribution >= 4 is 16.9 Å². The summed E-state index contributed by atoms with van der Waals surface area (Å²) in [7, 11) is 0. The van der Waals surface area contributed by atoms with E-state index in [1.807, 2.05) is 0 Å². The Morgan fingerprint density at radius 2 is 1.63 bits per heavy atom. The maximum Gasteiger partial charge on any atom is 0.263 e. The molecular weight excluding hydrogens is 340 g/mol. The van der Waals surface area contributed by atoms with Crippen molar-refractivity contribution in [1.29, 1.82) is 0 Å². The van der Waals surface area contributed by atoms with E-state index in [9.17, 15) is 9.59 Å². The lowest BCUT2D eigenvalue weighted by Gasteiger charge is -2.42. The fourth-order valence-corrected chi connectivity index (χ4v) is 4.76. The molecule has 2 aromatic heterocycles. The fourth-order valence-electron chi connectivity index (χ4n) is 4.76. The van der Waals surface area contributed by atoms with Gasteiger partial charge in [0.25, 0.3) is 5.56 Å². The van der Waals surface area contributed by atoms with Crippen LogP contribution in [0.25, 0.3) is 11.0 Å². The predicted octanol–water partition coefficient (Wildman–Crippen LogP) is 3.29. The zero-order valence-electron chi connectivity index (χ0n) is 15.8. The molecule has 144 valence electrons. The van der Waals surface area contributed by atoms with Gasteiger partial charge in [-0.05, 0) is 37.8 Å². The van der Waals surface area contributed by atoms with Gasteiger partial charge >= 0.3 is 0 Å². The van der Waals surface area contributed by atoms with Gasteiger partial charge in [0.15, 0.2) is 5.65 Å². The highest BCUT2D eigenvalue weighted by Gasteiger charge is 2.32. The van der Waals surface area contributed by atoms with Gasteiger partial charge in [0.1, 0.15) is 12.9 Å². The molecule has 0 radical (unpaired) electrons. The number of pyridine rings is 1. The van der Waals surface area contributed by atoms with E-state index in [1.165, 1.54) is 49.4 Å². The van der Waals surface area contributed by atoms with E-state index in [2.05, 4.69) is 14.9 Å². The Hall–Kier alpha value is -2.24. The molecule has 27 heavy (non-hydrogen) atoms. The molecule has 0 atom stereocenters. The van der Waals surface area contributed by atoms with Crippen LogP contribution in [0.3, 0.4) is 0 Å². The Kier molecular flexibility index (Phi) is 5.50. The lowest BCUT2D eigenvalue weighted by Crippen LogP contribution is -2.50. The van der Waals surface area contributed by atoms with Crippen LogP contribution in [-0.4, -0.2) is 37.4 Å². The van der Waals surface area contributed by atoms with Crippen molar-refractivity contribution in [3.63, 3.8) is 0 Å². The number of amides is 1. The molecular formula is C21H28N4O2. The van der Waals surface area contributed by atoms with E-state index in [0.29, 0.717) is 23.1 Å². The van der Waals surface area contributed by atoms with Gasteiger partial charge in [0.05, 0.1) is 5.39 Å². The van der Waals surface area contributed by atoms with E-state index in [-0.39, 0.29) is 18.0 Å². The summed E-state index contributed by atoms with van der Waals surface area (Å²) in [4.78, 5) is 36.6. The second-order valence-electron chi connectivity index (χ2n) is 7.94. The highest BCUT2D eigenvalue weighted by molar-refractivity contribution is 5.78. The van der Waals surface area contributed by atoms with Crippen molar-refractivity contribution in [2.24, 2.45) is 0 Å². The molecule has 0 saturated heterocycles. The van der Waals surface area contributed by atoms with Crippen LogP contribution in [0.15, 0.2) is 29.5 Å². The van der Waals surface area contributed by atoms with E-state index in [4.69, 9.17) is 0 Å². The van der Waals surface area contributed by atoms with Crippen LogP contribution < -0.4 is 5.56 Å². The quantitative estimate of drug-likeness (QED) is 0.830. The summed E-state index contributed by atoms with van der Waals surface area (Å²) in [6.07, 6.45) is 14.8. The van der Waals surface area contributed by atoms with E-state index >= 15 is 0 Å². The number of carbonyl (C=O) groups is 1. The first kappa shape index (κ1) is 18.1. The first-order chi connectivity index (χ1) is 13.2. The Bertz CT molecular complexity index is 833. The second kappa shape index (κ2) is 8.19. The molecule has 2 saturated carbocycles. The minimum Gasteiger partial charge on any atom is -0.335 e. The van der Waals surface area contributed by atoms with Crippen molar-refractivity contribution in [1.82, 2.24) is 19.4 Å². The van der Waals surface area contributed by atoms with E-state index in [0.717, 1.165) is 25.7 Å². The normalized spacial score (nSPS) is 19.3. The van der Waals surface area contributed by atoms with E-state index in [1.54, 1.807) is 18.3 Å². The molecule has 0 N–H and O–H groups in total. The Morgan fingerprint density at radius 3 is 2.26 bits per heavy atom. The third-order valence-electron chi connectivity index (χ3n) is 6.13. The summed E-state index contributed by atoms with van der Waals surface area (Å²) >= 11 is 0. The molecule has 1 amide bonds. The summed E-state index contributed by atoms with van der Waals surface area (Å²) in [6.45, 7) is 0.0731. The third-order valence-corrected chi connectivity index (χ3v) is 6.13. The molecule has 0 bridgehead atoms. The van der Waals surface area contributed by atoms with Gasteiger partial charge in [0.2, 0.25) is 5.91 Å². The molecule has 2 fully saturated rings. The van der Waals surface area contributed by atoms with Gasteiger partial charge < -0.3 is 4.90 Å². The van der Waals surface area contributed by atoms with Crippen molar-refractivity contribution < 1.29 is 4.79 Å². The maximum atomic E-state index is 13.3. The minimum absolute atomic E-state index is 0.0703. The predicted molar refractivity (Wildman–Crippen MR) is 104 cm³/mol. The topological polar surface area (TPSA) is 68.1 Å². The van der Waals surface area contributed by atoms with Crippen LogP contribution in [-0.2, 0) is 11.3 Å². The van der Waals surface area contributed by atoms with Crippen molar-refractivity contribution in [2.75, 3.05) is 0 Å². The summed E-state index contributed by atoms with van der Waals surface area (Å²) in [5.74, 6) is 0.0703. The van der Waals surface area contributed by atoms with Crippen LogP contribution in [0.5, 0.6) is 0 Å². The number of rotatable bonds is 4. The molecule has 0 aliphatic heterocycles. The fraction of sp³-hybridized carbons (Fsp3) is 0.619. The van der Waals surface area contributed by atoms with Crippen molar-refractivity contribution in [2.45, 2.75) is 82.8 Å². The molecule has 0 spiro atoms. The van der Waals surface area contributed by atoms with E-state index < -0.39 is 0 Å². The van der Waals surface area contributed by atoms with Crippen LogP contribution in [0.2, 0.25) is 0 Å². The average Bonchev–Trinajstić information content (AvgIpc) is 2.72. The SMILES string of the molecule is O=C(Cn1cnc2ncccc2c1=O)N(C1CCCCC1)C1CCCCC1. The van der Waals surface area contributed by atoms with Crippen LogP contribution in [0.4, 0.5) is 0 Å². The number of carbonyl (C=O) groups excluding carboxylic acids is 1. The number of nitrogens with zero attached hydrogens (tertiary/aromatic N) is 4. The smallest absolute Gasteiger partial charge is 0.263 e. The number of aromatic nitrogens is 3. The van der Waals surface area contributed by atoms with Gasteiger partial charge in [0, 0.05) is 18.3 Å². The Balaban J connectivity index is 1.59. The van der Waals surface area contributed by atoms with Crippen molar-refractivity contribution in [3.8, 4) is 0 Å². The zero-order valence-corrected chi connectivity index (χ0v) is 15.8. The van der Waals surface area contributed by atoms with Crippen molar-refractivity contribution in [3.05, 3.63) is 35.0 Å². The van der Waals surface area contributed by atoms with Gasteiger partial charge in [-0.25, -0.2) is 9.97 Å². The lowest BCUT2D eigenvalue weighted by atomic mass is 9.88. The van der Waals surface area contributed by atoms with Crippen LogP contribution >= 0.6 is 0 Å². The number of hydrogen-bond acceptors (Lipinski definition) is 4. The number of fused-ring (bicyclic) bond motifs is 1. The minimum atomic E-state index is -0.186. The van der Waals surface area contributed by atoms with Gasteiger partial charge in [-0.15, -0.1) is 0 Å². The average molecular weight is 368 g/mol. The third kappa shape index (κ3) is 3.89. The van der Waals surface area contributed by atoms with Gasteiger partial charge in [-0.3, -0.25) is 14.2 Å². The lowest BCUT2D eigenvalue weighted by molar-refractivity contribution is -0.138. The first-order valence-corrected chi connectivity index (χ1v) is 10.4. The molecule has 6 nitrogen and oxygen atoms in total. The van der Waals surface area contributed by atoms with Crippen LogP contribution in [0.1, 0.15) is 64.2 Å². The van der Waals surface area contributed by atoms with Gasteiger partial charge in [-0.2, -0.15) is 0 Å². The Morgan fingerprint density at radius 1 is 1.00 bits per heavy atom. The highest BCUT2D eigenvalue weighted by Crippen LogP contribution is 2.30. The summed E-state index contributed by atoms with van der Waals surface area (Å²) in [6, 6.07) is 4.12. The largest absolute Gasteiger partial charge is 0.335 e. The first-order valence-electron chi connectivity index (χ1n) is 10.4. The van der Waals surface area contributed by atoms with Crippen LogP contribution in [0, 0.1) is 0 Å². The molecule has 4 rings (SSSR count).